The van der Waals surface area contributed by atoms with Crippen LogP contribution < -0.4 is 5.73 Å². The summed E-state index contributed by atoms with van der Waals surface area (Å²) in [6, 6.07) is 5.37. The predicted molar refractivity (Wildman–Crippen MR) is 65.9 cm³/mol. The lowest BCUT2D eigenvalue weighted by atomic mass is 9.63. The molecule has 0 aromatic heterocycles. The number of hydrogen-bond donors (Lipinski definition) is 1. The normalized spacial score (nSPS) is 22.2. The van der Waals surface area contributed by atoms with Crippen molar-refractivity contribution < 1.29 is 4.39 Å². The second-order valence-corrected chi connectivity index (χ2v) is 5.63. The summed E-state index contributed by atoms with van der Waals surface area (Å²) in [5.74, 6) is -0.109. The van der Waals surface area contributed by atoms with E-state index < -0.39 is 0 Å². The van der Waals surface area contributed by atoms with Gasteiger partial charge in [0.05, 0.1) is 0 Å². The smallest absolute Gasteiger partial charge is 0.128 e. The maximum Gasteiger partial charge on any atom is 0.128 e. The van der Waals surface area contributed by atoms with Crippen LogP contribution in [0.1, 0.15) is 30.4 Å². The second kappa shape index (κ2) is 4.07. The molecule has 0 amide bonds. The Morgan fingerprint density at radius 2 is 2.06 bits per heavy atom. The van der Waals surface area contributed by atoms with Gasteiger partial charge in [-0.1, -0.05) is 18.6 Å². The Kier molecular flexibility index (Phi) is 2.68. The van der Waals surface area contributed by atoms with Gasteiger partial charge in [-0.15, -0.1) is 0 Å². The van der Waals surface area contributed by atoms with Crippen LogP contribution >= 0.6 is 0 Å². The van der Waals surface area contributed by atoms with Gasteiger partial charge in [-0.05, 0) is 29.9 Å². The topological polar surface area (TPSA) is 29.3 Å². The van der Waals surface area contributed by atoms with Gasteiger partial charge in [-0.25, -0.2) is 4.39 Å². The minimum Gasteiger partial charge on any atom is -0.326 e. The van der Waals surface area contributed by atoms with Gasteiger partial charge < -0.3 is 5.73 Å². The zero-order valence-corrected chi connectivity index (χ0v) is 10.1. The summed E-state index contributed by atoms with van der Waals surface area (Å²) in [6.45, 7) is 3.47. The Balaban J connectivity index is 1.62. The number of benzene rings is 1. The fourth-order valence-electron chi connectivity index (χ4n) is 3.09. The van der Waals surface area contributed by atoms with E-state index in [1.54, 1.807) is 6.07 Å². The molecule has 1 saturated carbocycles. The number of rotatable bonds is 3. The van der Waals surface area contributed by atoms with E-state index in [1.165, 1.54) is 19.3 Å². The molecule has 1 heterocycles. The van der Waals surface area contributed by atoms with Crippen molar-refractivity contribution in [1.29, 1.82) is 0 Å². The van der Waals surface area contributed by atoms with E-state index in [0.717, 1.165) is 30.8 Å². The summed E-state index contributed by atoms with van der Waals surface area (Å²) >= 11 is 0. The molecule has 2 fully saturated rings. The monoisotopic (exact) mass is 234 g/mol. The van der Waals surface area contributed by atoms with Crippen molar-refractivity contribution in [3.05, 3.63) is 35.1 Å². The van der Waals surface area contributed by atoms with E-state index in [1.807, 2.05) is 12.1 Å². The van der Waals surface area contributed by atoms with E-state index in [4.69, 9.17) is 5.73 Å². The highest BCUT2D eigenvalue weighted by Gasteiger charge is 2.46. The van der Waals surface area contributed by atoms with Crippen LogP contribution in [0, 0.1) is 11.2 Å². The standard InChI is InChI=1S/C14H19FN2/c15-13-6-11(7-16)2-3-12(13)8-17-9-14(10-17)4-1-5-14/h2-3,6H,1,4-5,7-10,16H2. The van der Waals surface area contributed by atoms with Crippen LogP contribution in [0.5, 0.6) is 0 Å². The predicted octanol–water partition coefficient (Wildman–Crippen LogP) is 2.27. The van der Waals surface area contributed by atoms with Crippen LogP contribution in [0.4, 0.5) is 4.39 Å². The van der Waals surface area contributed by atoms with E-state index in [0.29, 0.717) is 12.0 Å². The average molecular weight is 234 g/mol. The second-order valence-electron chi connectivity index (χ2n) is 5.63. The van der Waals surface area contributed by atoms with Gasteiger partial charge in [0, 0.05) is 31.7 Å². The molecule has 92 valence electrons. The Labute approximate surface area is 102 Å². The third kappa shape index (κ3) is 1.98. The molecule has 1 spiro atoms. The first kappa shape index (κ1) is 11.2. The summed E-state index contributed by atoms with van der Waals surface area (Å²) in [7, 11) is 0. The summed E-state index contributed by atoms with van der Waals surface area (Å²) in [6.07, 6.45) is 4.13. The van der Waals surface area contributed by atoms with Crippen LogP contribution in [0.3, 0.4) is 0 Å². The molecule has 1 aromatic rings. The molecule has 0 atom stereocenters. The number of halogens is 1. The number of hydrogen-bond acceptors (Lipinski definition) is 2. The molecule has 2 aliphatic rings. The summed E-state index contributed by atoms with van der Waals surface area (Å²) in [4.78, 5) is 2.35. The minimum absolute atomic E-state index is 0.109. The van der Waals surface area contributed by atoms with Gasteiger partial charge in [-0.3, -0.25) is 4.90 Å². The molecule has 1 aromatic carbocycles. The van der Waals surface area contributed by atoms with Gasteiger partial charge in [0.2, 0.25) is 0 Å². The average Bonchev–Trinajstić information content (AvgIpc) is 2.22. The lowest BCUT2D eigenvalue weighted by Gasteiger charge is -2.56. The molecule has 0 radical (unpaired) electrons. The molecular weight excluding hydrogens is 215 g/mol. The van der Waals surface area contributed by atoms with Crippen molar-refractivity contribution in [1.82, 2.24) is 4.90 Å². The number of nitrogens with zero attached hydrogens (tertiary/aromatic N) is 1. The highest BCUT2D eigenvalue weighted by Crippen LogP contribution is 2.48. The van der Waals surface area contributed by atoms with E-state index in [-0.39, 0.29) is 5.82 Å². The Bertz CT molecular complexity index is 418. The maximum atomic E-state index is 13.8. The first-order valence-corrected chi connectivity index (χ1v) is 6.41. The van der Waals surface area contributed by atoms with Crippen molar-refractivity contribution >= 4 is 0 Å². The maximum absolute atomic E-state index is 13.8. The minimum atomic E-state index is -0.109. The largest absolute Gasteiger partial charge is 0.326 e. The van der Waals surface area contributed by atoms with Crippen molar-refractivity contribution in [3.63, 3.8) is 0 Å². The summed E-state index contributed by atoms with van der Waals surface area (Å²) in [5, 5.41) is 0. The molecule has 0 bridgehead atoms. The third-order valence-corrected chi connectivity index (χ3v) is 4.28. The van der Waals surface area contributed by atoms with Gasteiger partial charge in [-0.2, -0.15) is 0 Å². The quantitative estimate of drug-likeness (QED) is 0.869. The lowest BCUT2D eigenvalue weighted by molar-refractivity contribution is -0.0649. The van der Waals surface area contributed by atoms with E-state index in [9.17, 15) is 4.39 Å². The van der Waals surface area contributed by atoms with Crippen LogP contribution in [0.15, 0.2) is 18.2 Å². The molecule has 1 aliphatic heterocycles. The molecule has 1 saturated heterocycles. The van der Waals surface area contributed by atoms with Crippen molar-refractivity contribution in [2.45, 2.75) is 32.4 Å². The molecule has 0 unspecified atom stereocenters. The van der Waals surface area contributed by atoms with Crippen LogP contribution in [-0.2, 0) is 13.1 Å². The highest BCUT2D eigenvalue weighted by molar-refractivity contribution is 5.24. The Hall–Kier alpha value is -0.930. The molecule has 2 N–H and O–H groups in total. The molecule has 17 heavy (non-hydrogen) atoms. The van der Waals surface area contributed by atoms with Crippen molar-refractivity contribution in [3.8, 4) is 0 Å². The molecule has 2 nitrogen and oxygen atoms in total. The third-order valence-electron chi connectivity index (χ3n) is 4.28. The molecule has 1 aliphatic carbocycles. The molecular formula is C14H19FN2. The highest BCUT2D eigenvalue weighted by atomic mass is 19.1. The van der Waals surface area contributed by atoms with Gasteiger partial charge in [0.15, 0.2) is 0 Å². The van der Waals surface area contributed by atoms with Gasteiger partial charge >= 0.3 is 0 Å². The van der Waals surface area contributed by atoms with E-state index in [2.05, 4.69) is 4.90 Å². The van der Waals surface area contributed by atoms with Crippen LogP contribution in [-0.4, -0.2) is 18.0 Å². The lowest BCUT2D eigenvalue weighted by Crippen LogP contribution is -2.59. The summed E-state index contributed by atoms with van der Waals surface area (Å²) < 4.78 is 13.8. The number of likely N-dealkylation sites (tertiary alicyclic amines) is 1. The molecule has 3 heteroatoms. The van der Waals surface area contributed by atoms with Gasteiger partial charge in [0.25, 0.3) is 0 Å². The van der Waals surface area contributed by atoms with E-state index >= 15 is 0 Å². The fraction of sp³-hybridized carbons (Fsp3) is 0.571. The fourth-order valence-corrected chi connectivity index (χ4v) is 3.09. The SMILES string of the molecule is NCc1ccc(CN2CC3(CCC3)C2)c(F)c1. The van der Waals surface area contributed by atoms with Gasteiger partial charge in [0.1, 0.15) is 5.82 Å². The van der Waals surface area contributed by atoms with Crippen LogP contribution in [0.25, 0.3) is 0 Å². The van der Waals surface area contributed by atoms with Crippen molar-refractivity contribution in [2.24, 2.45) is 11.1 Å². The van der Waals surface area contributed by atoms with Crippen molar-refractivity contribution in [2.75, 3.05) is 13.1 Å². The zero-order chi connectivity index (χ0) is 11.9. The first-order chi connectivity index (χ1) is 8.21. The Morgan fingerprint density at radius 1 is 1.29 bits per heavy atom. The summed E-state index contributed by atoms with van der Waals surface area (Å²) in [5.41, 5.74) is 7.78. The first-order valence-electron chi connectivity index (χ1n) is 6.41. The van der Waals surface area contributed by atoms with Crippen LogP contribution in [0.2, 0.25) is 0 Å². The number of nitrogens with two attached hydrogens (primary N) is 1. The molecule has 3 rings (SSSR count). The Morgan fingerprint density at radius 3 is 2.59 bits per heavy atom. The zero-order valence-electron chi connectivity index (χ0n) is 10.1.